The zero-order valence-corrected chi connectivity index (χ0v) is 20.7. The van der Waals surface area contributed by atoms with E-state index >= 15 is 0 Å². The first-order valence-corrected chi connectivity index (χ1v) is 12.5. The van der Waals surface area contributed by atoms with Crippen molar-refractivity contribution in [1.29, 1.82) is 0 Å². The van der Waals surface area contributed by atoms with Crippen LogP contribution in [0.5, 0.6) is 5.75 Å². The Morgan fingerprint density at radius 1 is 0.886 bits per heavy atom. The third-order valence-corrected chi connectivity index (χ3v) is 7.68. The van der Waals surface area contributed by atoms with Crippen molar-refractivity contribution in [2.45, 2.75) is 31.1 Å². The first kappa shape index (κ1) is 23.1. The molecule has 178 valence electrons. The summed E-state index contributed by atoms with van der Waals surface area (Å²) in [4.78, 5) is 28.6. The van der Waals surface area contributed by atoms with Crippen LogP contribution in [-0.2, 0) is 18.4 Å². The topological polar surface area (TPSA) is 56.5 Å². The number of hydrogen-bond acceptors (Lipinski definition) is 4. The summed E-state index contributed by atoms with van der Waals surface area (Å²) in [6, 6.07) is 27.3. The molecule has 0 radical (unpaired) electrons. The average Bonchev–Trinajstić information content (AvgIpc) is 3.29. The fraction of sp³-hybridized carbons (Fsp3) is 0.214. The Bertz CT molecular complexity index is 1400. The van der Waals surface area contributed by atoms with Gasteiger partial charge in [0.1, 0.15) is 23.4 Å². The number of anilines is 1. The third kappa shape index (κ3) is 4.28. The minimum absolute atomic E-state index is 0.0598. The van der Waals surface area contributed by atoms with Crippen molar-refractivity contribution in [2.24, 2.45) is 7.05 Å². The smallest absolute Gasteiger partial charge is 0.295 e. The SMILES string of the molecule is Cc1c(N2C(=O)[C@@H](C)S[C@H]2c2ccc(OCc3ccccc3)cc2)c(=O)n(-c2ccccc2)n1C. The van der Waals surface area contributed by atoms with Gasteiger partial charge in [0.05, 0.1) is 16.6 Å². The van der Waals surface area contributed by atoms with E-state index in [-0.39, 0.29) is 22.1 Å². The van der Waals surface area contributed by atoms with Gasteiger partial charge < -0.3 is 4.74 Å². The molecule has 0 N–H and O–H groups in total. The van der Waals surface area contributed by atoms with E-state index in [0.29, 0.717) is 12.3 Å². The quantitative estimate of drug-likeness (QED) is 0.375. The molecule has 1 fully saturated rings. The van der Waals surface area contributed by atoms with E-state index in [4.69, 9.17) is 4.74 Å². The number of para-hydroxylation sites is 1. The maximum absolute atomic E-state index is 13.6. The van der Waals surface area contributed by atoms with Gasteiger partial charge in [0.15, 0.2) is 0 Å². The van der Waals surface area contributed by atoms with Gasteiger partial charge in [-0.25, -0.2) is 4.68 Å². The Morgan fingerprint density at radius 3 is 2.17 bits per heavy atom. The molecule has 6 nitrogen and oxygen atoms in total. The highest BCUT2D eigenvalue weighted by molar-refractivity contribution is 8.01. The van der Waals surface area contributed by atoms with E-state index in [9.17, 15) is 9.59 Å². The van der Waals surface area contributed by atoms with Crippen LogP contribution < -0.4 is 15.2 Å². The highest BCUT2D eigenvalue weighted by atomic mass is 32.2. The fourth-order valence-corrected chi connectivity index (χ4v) is 5.64. The largest absolute Gasteiger partial charge is 0.489 e. The van der Waals surface area contributed by atoms with Crippen molar-refractivity contribution in [1.82, 2.24) is 9.36 Å². The lowest BCUT2D eigenvalue weighted by Gasteiger charge is -2.23. The summed E-state index contributed by atoms with van der Waals surface area (Å²) in [5, 5.41) is -0.545. The van der Waals surface area contributed by atoms with Crippen molar-refractivity contribution in [3.63, 3.8) is 0 Å². The molecule has 1 aromatic heterocycles. The van der Waals surface area contributed by atoms with Crippen molar-refractivity contribution in [2.75, 3.05) is 4.90 Å². The lowest BCUT2D eigenvalue weighted by molar-refractivity contribution is -0.117. The van der Waals surface area contributed by atoms with E-state index in [1.807, 2.05) is 111 Å². The number of benzene rings is 3. The van der Waals surface area contributed by atoms with Crippen molar-refractivity contribution in [3.8, 4) is 11.4 Å². The van der Waals surface area contributed by atoms with Gasteiger partial charge in [-0.15, -0.1) is 11.8 Å². The summed E-state index contributed by atoms with van der Waals surface area (Å²) in [6.45, 7) is 4.27. The second-order valence-corrected chi connectivity index (χ2v) is 10.0. The molecule has 35 heavy (non-hydrogen) atoms. The minimum Gasteiger partial charge on any atom is -0.489 e. The number of nitrogens with zero attached hydrogens (tertiary/aromatic N) is 3. The predicted molar refractivity (Wildman–Crippen MR) is 140 cm³/mol. The molecule has 7 heteroatoms. The van der Waals surface area contributed by atoms with Crippen LogP contribution in [0, 0.1) is 6.92 Å². The Balaban J connectivity index is 1.46. The van der Waals surface area contributed by atoms with Crippen LogP contribution in [0.3, 0.4) is 0 Å². The molecule has 2 heterocycles. The predicted octanol–water partition coefficient (Wildman–Crippen LogP) is 5.23. The molecule has 0 bridgehead atoms. The number of hydrogen-bond donors (Lipinski definition) is 0. The first-order valence-electron chi connectivity index (χ1n) is 11.5. The summed E-state index contributed by atoms with van der Waals surface area (Å²) in [7, 11) is 1.85. The summed E-state index contributed by atoms with van der Waals surface area (Å²) in [5.74, 6) is 0.698. The van der Waals surface area contributed by atoms with E-state index in [2.05, 4.69) is 0 Å². The number of aromatic nitrogens is 2. The van der Waals surface area contributed by atoms with Gasteiger partial charge in [-0.2, -0.15) is 0 Å². The lowest BCUT2D eigenvalue weighted by atomic mass is 10.1. The van der Waals surface area contributed by atoms with E-state index in [1.165, 1.54) is 0 Å². The number of carbonyl (C=O) groups is 1. The number of thioether (sulfide) groups is 1. The van der Waals surface area contributed by atoms with Crippen LogP contribution in [0.1, 0.15) is 29.1 Å². The van der Waals surface area contributed by atoms with Crippen LogP contribution in [0.2, 0.25) is 0 Å². The maximum Gasteiger partial charge on any atom is 0.295 e. The van der Waals surface area contributed by atoms with Gasteiger partial charge in [-0.05, 0) is 49.2 Å². The number of amides is 1. The number of ether oxygens (including phenoxy) is 1. The number of carbonyl (C=O) groups excluding carboxylic acids is 1. The maximum atomic E-state index is 13.6. The van der Waals surface area contributed by atoms with Crippen LogP contribution >= 0.6 is 11.8 Å². The van der Waals surface area contributed by atoms with Crippen molar-refractivity contribution in [3.05, 3.63) is 112 Å². The second-order valence-electron chi connectivity index (χ2n) is 8.59. The molecule has 3 aromatic carbocycles. The monoisotopic (exact) mass is 485 g/mol. The summed E-state index contributed by atoms with van der Waals surface area (Å²) in [6.07, 6.45) is 0. The Hall–Kier alpha value is -3.71. The van der Waals surface area contributed by atoms with Crippen LogP contribution in [0.15, 0.2) is 89.7 Å². The molecule has 4 aromatic rings. The van der Waals surface area contributed by atoms with Crippen molar-refractivity contribution < 1.29 is 9.53 Å². The van der Waals surface area contributed by atoms with Gasteiger partial charge in [-0.3, -0.25) is 19.2 Å². The molecular weight excluding hydrogens is 458 g/mol. The molecule has 1 amide bonds. The first-order chi connectivity index (χ1) is 17.0. The Morgan fingerprint density at radius 2 is 1.51 bits per heavy atom. The van der Waals surface area contributed by atoms with Crippen LogP contribution in [0.4, 0.5) is 5.69 Å². The van der Waals surface area contributed by atoms with Gasteiger partial charge in [0.25, 0.3) is 5.56 Å². The van der Waals surface area contributed by atoms with Crippen molar-refractivity contribution >= 4 is 23.4 Å². The van der Waals surface area contributed by atoms with E-state index in [1.54, 1.807) is 21.3 Å². The summed E-state index contributed by atoms with van der Waals surface area (Å²) >= 11 is 1.55. The highest BCUT2D eigenvalue weighted by Crippen LogP contribution is 2.45. The third-order valence-electron chi connectivity index (χ3n) is 6.33. The highest BCUT2D eigenvalue weighted by Gasteiger charge is 2.42. The molecule has 0 unspecified atom stereocenters. The average molecular weight is 486 g/mol. The molecule has 0 spiro atoms. The van der Waals surface area contributed by atoms with Gasteiger partial charge >= 0.3 is 0 Å². The van der Waals surface area contributed by atoms with Gasteiger partial charge in [-0.1, -0.05) is 60.7 Å². The number of rotatable bonds is 6. The molecule has 5 rings (SSSR count). The molecule has 1 aliphatic heterocycles. The zero-order valence-electron chi connectivity index (χ0n) is 19.9. The normalized spacial score (nSPS) is 17.7. The van der Waals surface area contributed by atoms with Crippen LogP contribution in [-0.4, -0.2) is 20.5 Å². The molecule has 2 atom stereocenters. The molecule has 0 aliphatic carbocycles. The van der Waals surface area contributed by atoms with E-state index < -0.39 is 0 Å². The Kier molecular flexibility index (Phi) is 6.26. The summed E-state index contributed by atoms with van der Waals surface area (Å²) in [5.41, 5.74) is 3.78. The minimum atomic E-state index is -0.293. The van der Waals surface area contributed by atoms with Gasteiger partial charge in [0, 0.05) is 7.05 Å². The molecular formula is C28H27N3O3S. The zero-order chi connectivity index (χ0) is 24.5. The molecule has 1 aliphatic rings. The standard InChI is InChI=1S/C28H27N3O3S/c1-19-25(27(33)31(29(19)3)23-12-8-5-9-13-23)30-26(32)20(2)35-28(30)22-14-16-24(17-15-22)34-18-21-10-6-4-7-11-21/h4-17,20,28H,18H2,1-3H3/t20-,28+/m1/s1. The Labute approximate surface area is 208 Å². The van der Waals surface area contributed by atoms with Crippen LogP contribution in [0.25, 0.3) is 5.69 Å². The second kappa shape index (κ2) is 9.50. The van der Waals surface area contributed by atoms with E-state index in [0.717, 1.165) is 28.3 Å². The molecule has 0 saturated carbocycles. The molecule has 1 saturated heterocycles. The lowest BCUT2D eigenvalue weighted by Crippen LogP contribution is -2.34. The fourth-order valence-electron chi connectivity index (χ4n) is 4.38. The van der Waals surface area contributed by atoms with Gasteiger partial charge in [0.2, 0.25) is 5.91 Å². The summed E-state index contributed by atoms with van der Waals surface area (Å²) < 4.78 is 9.35.